The fourth-order valence-corrected chi connectivity index (χ4v) is 6.15. The zero-order chi connectivity index (χ0) is 33.3. The van der Waals surface area contributed by atoms with Crippen LogP contribution in [-0.4, -0.2) is 46.7 Å². The van der Waals surface area contributed by atoms with Crippen molar-refractivity contribution in [2.75, 3.05) is 9.80 Å². The van der Waals surface area contributed by atoms with E-state index in [4.69, 9.17) is 5.26 Å². The lowest BCUT2D eigenvalue weighted by molar-refractivity contribution is -0.130. The topological polar surface area (TPSA) is 119 Å². The maximum atomic E-state index is 13.8. The van der Waals surface area contributed by atoms with E-state index in [0.29, 0.717) is 36.2 Å². The molecule has 0 bridgehead atoms. The van der Waals surface area contributed by atoms with Crippen LogP contribution in [0.4, 0.5) is 24.7 Å². The van der Waals surface area contributed by atoms with Gasteiger partial charge in [0.05, 0.1) is 29.7 Å². The number of pyridine rings is 2. The summed E-state index contributed by atoms with van der Waals surface area (Å²) in [7, 11) is 0. The summed E-state index contributed by atoms with van der Waals surface area (Å²) in [6.45, 7) is 4.04. The van der Waals surface area contributed by atoms with E-state index in [1.165, 1.54) is 11.1 Å². The molecule has 2 aliphatic carbocycles. The number of nitriles is 1. The lowest BCUT2D eigenvalue weighted by Crippen LogP contribution is -2.57. The standard InChI is InChI=1S/C22H22F3N3O2.C12H15N3O/c23-16-11-18(13-26-12-16)28(14-29)22(10-5-15-3-1-2-4-19(15)22)20(30)27-17-6-8-21(24,25)9-7-17;1-3-4-10(2)15(9-16)12-7-11(8-13)5-6-14-12/h1-4,11-14,17H,5-10H2,(H,27,30);5-7,9-10H,3-4H2,1-2H3/t22-;10-/m11/s1. The average molecular weight is 635 g/mol. The molecule has 2 atom stereocenters. The molecule has 1 saturated carbocycles. The van der Waals surface area contributed by atoms with Crippen LogP contribution >= 0.6 is 0 Å². The molecule has 3 aromatic rings. The highest BCUT2D eigenvalue weighted by Gasteiger charge is 2.51. The fourth-order valence-electron chi connectivity index (χ4n) is 6.15. The number of carbonyl (C=O) groups is 3. The summed E-state index contributed by atoms with van der Waals surface area (Å²) in [5.74, 6) is -3.24. The molecular weight excluding hydrogens is 597 g/mol. The van der Waals surface area contributed by atoms with E-state index >= 15 is 0 Å². The molecule has 2 aliphatic rings. The highest BCUT2D eigenvalue weighted by Crippen LogP contribution is 2.44. The maximum Gasteiger partial charge on any atom is 0.251 e. The van der Waals surface area contributed by atoms with Gasteiger partial charge in [0.2, 0.25) is 18.7 Å². The van der Waals surface area contributed by atoms with Crippen LogP contribution in [0.1, 0.15) is 75.5 Å². The van der Waals surface area contributed by atoms with E-state index in [1.807, 2.05) is 25.1 Å². The molecular formula is C34H37F3N6O3. The SMILES string of the molecule is CCC[C@@H](C)N(C=O)c1cc(C#N)ccn1.O=CN(c1cncc(F)c1)[C@]1(C(=O)NC2CCC(F)(F)CC2)CCc2ccccc21. The van der Waals surface area contributed by atoms with E-state index in [9.17, 15) is 27.6 Å². The number of amides is 3. The molecule has 0 spiro atoms. The quantitative estimate of drug-likeness (QED) is 0.281. The summed E-state index contributed by atoms with van der Waals surface area (Å²) in [6.07, 6.45) is 7.70. The summed E-state index contributed by atoms with van der Waals surface area (Å²) in [5, 5.41) is 11.7. The molecule has 2 heterocycles. The van der Waals surface area contributed by atoms with Crippen LogP contribution in [0.25, 0.3) is 0 Å². The van der Waals surface area contributed by atoms with E-state index in [1.54, 1.807) is 35.4 Å². The maximum absolute atomic E-state index is 13.8. The molecule has 46 heavy (non-hydrogen) atoms. The normalized spacial score (nSPS) is 19.0. The molecule has 0 aliphatic heterocycles. The monoisotopic (exact) mass is 634 g/mol. The number of carbonyl (C=O) groups excluding carboxylic acids is 3. The number of fused-ring (bicyclic) bond motifs is 1. The molecule has 9 nitrogen and oxygen atoms in total. The molecule has 1 N–H and O–H groups in total. The van der Waals surface area contributed by atoms with Crippen molar-refractivity contribution in [1.82, 2.24) is 15.3 Å². The van der Waals surface area contributed by atoms with Crippen LogP contribution in [0.15, 0.2) is 61.1 Å². The third-order valence-corrected chi connectivity index (χ3v) is 8.57. The van der Waals surface area contributed by atoms with Crippen LogP contribution in [-0.2, 0) is 26.3 Å². The van der Waals surface area contributed by atoms with Gasteiger partial charge >= 0.3 is 0 Å². The van der Waals surface area contributed by atoms with Crippen LogP contribution < -0.4 is 15.1 Å². The number of benzene rings is 1. The predicted molar refractivity (Wildman–Crippen MR) is 166 cm³/mol. The lowest BCUT2D eigenvalue weighted by atomic mass is 9.86. The van der Waals surface area contributed by atoms with Crippen molar-refractivity contribution in [2.45, 2.75) is 88.8 Å². The Balaban J connectivity index is 0.000000254. The van der Waals surface area contributed by atoms with Crippen LogP contribution in [0.2, 0.25) is 0 Å². The number of rotatable bonds is 10. The molecule has 0 radical (unpaired) electrons. The minimum atomic E-state index is -2.71. The molecule has 0 saturated heterocycles. The van der Waals surface area contributed by atoms with Gasteiger partial charge in [-0.05, 0) is 62.3 Å². The van der Waals surface area contributed by atoms with Crippen LogP contribution in [0, 0.1) is 17.1 Å². The highest BCUT2D eigenvalue weighted by molar-refractivity contribution is 5.98. The summed E-state index contributed by atoms with van der Waals surface area (Å²) < 4.78 is 40.9. The second-order valence-corrected chi connectivity index (χ2v) is 11.6. The molecule has 1 aromatic carbocycles. The van der Waals surface area contributed by atoms with Crippen molar-refractivity contribution < 1.29 is 27.6 Å². The number of hydrogen-bond acceptors (Lipinski definition) is 6. The molecule has 0 unspecified atom stereocenters. The molecule has 1 fully saturated rings. The average Bonchev–Trinajstić information content (AvgIpc) is 3.44. The number of alkyl halides is 2. The van der Waals surface area contributed by atoms with Crippen LogP contribution in [0.3, 0.4) is 0 Å². The molecule has 5 rings (SSSR count). The summed E-state index contributed by atoms with van der Waals surface area (Å²) in [6, 6.07) is 13.4. The number of anilines is 2. The van der Waals surface area contributed by atoms with E-state index in [2.05, 4.69) is 22.2 Å². The third kappa shape index (κ3) is 7.53. The lowest BCUT2D eigenvalue weighted by Gasteiger charge is -2.40. The van der Waals surface area contributed by atoms with E-state index < -0.39 is 29.2 Å². The molecule has 242 valence electrons. The largest absolute Gasteiger partial charge is 0.351 e. The number of aryl methyl sites for hydroxylation is 1. The molecule has 2 aromatic heterocycles. The van der Waals surface area contributed by atoms with Crippen molar-refractivity contribution >= 4 is 30.2 Å². The summed E-state index contributed by atoms with van der Waals surface area (Å²) in [4.78, 5) is 47.5. The van der Waals surface area contributed by atoms with Gasteiger partial charge in [0, 0.05) is 37.2 Å². The minimum absolute atomic E-state index is 0.101. The fraction of sp³-hybridized carbons (Fsp3) is 0.412. The van der Waals surface area contributed by atoms with E-state index in [-0.39, 0.29) is 37.4 Å². The first-order valence-electron chi connectivity index (χ1n) is 15.3. The Labute approximate surface area is 266 Å². The number of halogens is 3. The van der Waals surface area contributed by atoms with Crippen molar-refractivity contribution in [2.24, 2.45) is 0 Å². The van der Waals surface area contributed by atoms with Gasteiger partial charge in [0.25, 0.3) is 5.91 Å². The number of hydrogen-bond donors (Lipinski definition) is 1. The third-order valence-electron chi connectivity index (χ3n) is 8.57. The second-order valence-electron chi connectivity index (χ2n) is 11.6. The van der Waals surface area contributed by atoms with Gasteiger partial charge in [-0.15, -0.1) is 0 Å². The van der Waals surface area contributed by atoms with Gasteiger partial charge in [0.1, 0.15) is 11.6 Å². The number of aromatic nitrogens is 2. The summed E-state index contributed by atoms with van der Waals surface area (Å²) >= 11 is 0. The Bertz CT molecular complexity index is 1570. The highest BCUT2D eigenvalue weighted by atomic mass is 19.3. The van der Waals surface area contributed by atoms with Gasteiger partial charge in [-0.3, -0.25) is 29.2 Å². The van der Waals surface area contributed by atoms with Crippen molar-refractivity contribution in [1.29, 1.82) is 5.26 Å². The first-order valence-corrected chi connectivity index (χ1v) is 15.3. The second kappa shape index (κ2) is 15.0. The van der Waals surface area contributed by atoms with Gasteiger partial charge in [-0.25, -0.2) is 18.2 Å². The Kier molecular flexibility index (Phi) is 11.1. The molecule has 3 amide bonds. The summed E-state index contributed by atoms with van der Waals surface area (Å²) in [5.41, 5.74) is 0.847. The Morgan fingerprint density at radius 1 is 1.13 bits per heavy atom. The van der Waals surface area contributed by atoms with Crippen molar-refractivity contribution in [3.05, 3.63) is 83.6 Å². The Hall–Kier alpha value is -4.79. The van der Waals surface area contributed by atoms with Crippen LogP contribution in [0.5, 0.6) is 0 Å². The Morgan fingerprint density at radius 2 is 1.87 bits per heavy atom. The molecule has 12 heteroatoms. The number of nitrogens with one attached hydrogen (secondary N) is 1. The zero-order valence-electron chi connectivity index (χ0n) is 25.8. The minimum Gasteiger partial charge on any atom is -0.351 e. The van der Waals surface area contributed by atoms with Crippen molar-refractivity contribution in [3.8, 4) is 6.07 Å². The van der Waals surface area contributed by atoms with E-state index in [0.717, 1.165) is 37.1 Å². The van der Waals surface area contributed by atoms with Gasteiger partial charge in [-0.1, -0.05) is 37.6 Å². The predicted octanol–water partition coefficient (Wildman–Crippen LogP) is 5.82. The Morgan fingerprint density at radius 3 is 2.52 bits per heavy atom. The zero-order valence-corrected chi connectivity index (χ0v) is 25.8. The number of nitrogens with zero attached hydrogens (tertiary/aromatic N) is 5. The first-order chi connectivity index (χ1) is 22.1. The van der Waals surface area contributed by atoms with Crippen molar-refractivity contribution in [3.63, 3.8) is 0 Å². The van der Waals surface area contributed by atoms with Gasteiger partial charge in [0.15, 0.2) is 5.54 Å². The smallest absolute Gasteiger partial charge is 0.251 e. The van der Waals surface area contributed by atoms with Gasteiger partial charge in [-0.2, -0.15) is 5.26 Å². The first kappa shape index (κ1) is 34.1. The van der Waals surface area contributed by atoms with Gasteiger partial charge < -0.3 is 5.32 Å².